The van der Waals surface area contributed by atoms with E-state index in [1.807, 2.05) is 24.3 Å². The van der Waals surface area contributed by atoms with Crippen molar-refractivity contribution in [1.82, 2.24) is 10.2 Å². The van der Waals surface area contributed by atoms with E-state index in [2.05, 4.69) is 36.6 Å². The van der Waals surface area contributed by atoms with Crippen LogP contribution in [0.15, 0.2) is 24.3 Å². The van der Waals surface area contributed by atoms with E-state index >= 15 is 0 Å². The van der Waals surface area contributed by atoms with Crippen molar-refractivity contribution in [2.75, 3.05) is 32.5 Å². The van der Waals surface area contributed by atoms with E-state index in [1.54, 1.807) is 0 Å². The number of rotatable bonds is 7. The van der Waals surface area contributed by atoms with Crippen molar-refractivity contribution in [2.45, 2.75) is 38.1 Å². The molecule has 0 spiro atoms. The van der Waals surface area contributed by atoms with Crippen molar-refractivity contribution >= 4 is 11.6 Å². The molecule has 1 aliphatic carbocycles. The molecule has 2 N–H and O–H groups in total. The fourth-order valence-corrected chi connectivity index (χ4v) is 2.72. The molecule has 0 heterocycles. The van der Waals surface area contributed by atoms with Crippen LogP contribution in [0.2, 0.25) is 0 Å². The van der Waals surface area contributed by atoms with Crippen molar-refractivity contribution in [2.24, 2.45) is 0 Å². The number of hydrogen-bond acceptors (Lipinski definition) is 3. The summed E-state index contributed by atoms with van der Waals surface area (Å²) < 4.78 is 0. The van der Waals surface area contributed by atoms with Gasteiger partial charge in [0, 0.05) is 29.9 Å². The van der Waals surface area contributed by atoms with Gasteiger partial charge < -0.3 is 15.5 Å². The normalized spacial score (nSPS) is 16.4. The first kappa shape index (κ1) is 15.8. The van der Waals surface area contributed by atoms with Crippen LogP contribution in [0.5, 0.6) is 0 Å². The second-order valence-corrected chi connectivity index (χ2v) is 6.16. The van der Waals surface area contributed by atoms with Gasteiger partial charge in [0.15, 0.2) is 0 Å². The molecule has 0 bridgehead atoms. The lowest BCUT2D eigenvalue weighted by atomic mass is 9.75. The number of anilines is 1. The van der Waals surface area contributed by atoms with Crippen LogP contribution in [-0.2, 0) is 0 Å². The second-order valence-electron chi connectivity index (χ2n) is 6.16. The van der Waals surface area contributed by atoms with Crippen LogP contribution in [0, 0.1) is 0 Å². The van der Waals surface area contributed by atoms with Crippen molar-refractivity contribution in [3.8, 4) is 0 Å². The topological polar surface area (TPSA) is 44.4 Å². The third-order valence-electron chi connectivity index (χ3n) is 4.54. The molecule has 2 rings (SSSR count). The summed E-state index contributed by atoms with van der Waals surface area (Å²) in [5.74, 6) is 0.0187. The van der Waals surface area contributed by atoms with E-state index in [0.29, 0.717) is 0 Å². The smallest absolute Gasteiger partial charge is 0.251 e. The Labute approximate surface area is 127 Å². The van der Waals surface area contributed by atoms with E-state index in [1.165, 1.54) is 19.3 Å². The van der Waals surface area contributed by atoms with Gasteiger partial charge in [0.25, 0.3) is 5.91 Å². The molecule has 0 aromatic heterocycles. The Morgan fingerprint density at radius 1 is 1.24 bits per heavy atom. The summed E-state index contributed by atoms with van der Waals surface area (Å²) in [7, 11) is 4.19. The highest BCUT2D eigenvalue weighted by atomic mass is 16.1. The minimum atomic E-state index is 0.0187. The first-order chi connectivity index (χ1) is 10.1. The summed E-state index contributed by atoms with van der Waals surface area (Å²) >= 11 is 0. The van der Waals surface area contributed by atoms with Gasteiger partial charge in [-0.2, -0.15) is 0 Å². The minimum Gasteiger partial charge on any atom is -0.385 e. The standard InChI is InChI=1S/C17H27N3O/c1-4-12-18-15-8-6-14(7-9-15)16(21)19-13-17(20(2)3)10-5-11-17/h6-9,18H,4-5,10-13H2,1-3H3,(H,19,21). The van der Waals surface area contributed by atoms with Crippen LogP contribution in [0.3, 0.4) is 0 Å². The van der Waals surface area contributed by atoms with E-state index in [9.17, 15) is 4.79 Å². The molecule has 1 amide bonds. The minimum absolute atomic E-state index is 0.0187. The monoisotopic (exact) mass is 289 g/mol. The Morgan fingerprint density at radius 3 is 2.38 bits per heavy atom. The summed E-state index contributed by atoms with van der Waals surface area (Å²) in [6, 6.07) is 7.71. The molecule has 4 heteroatoms. The van der Waals surface area contributed by atoms with E-state index in [0.717, 1.165) is 30.8 Å². The third kappa shape index (κ3) is 3.76. The number of likely N-dealkylation sites (N-methyl/N-ethyl adjacent to an activating group) is 1. The number of hydrogen-bond donors (Lipinski definition) is 2. The molecular formula is C17H27N3O. The van der Waals surface area contributed by atoms with Crippen LogP contribution < -0.4 is 10.6 Å². The molecule has 0 radical (unpaired) electrons. The lowest BCUT2D eigenvalue weighted by Gasteiger charge is -2.47. The Kier molecular flexibility index (Phi) is 5.23. The van der Waals surface area contributed by atoms with Crippen LogP contribution >= 0.6 is 0 Å². The van der Waals surface area contributed by atoms with Crippen molar-refractivity contribution in [3.63, 3.8) is 0 Å². The van der Waals surface area contributed by atoms with Gasteiger partial charge >= 0.3 is 0 Å². The summed E-state index contributed by atoms with van der Waals surface area (Å²) in [4.78, 5) is 14.5. The van der Waals surface area contributed by atoms with Crippen LogP contribution in [-0.4, -0.2) is 43.5 Å². The quantitative estimate of drug-likeness (QED) is 0.811. The Morgan fingerprint density at radius 2 is 1.90 bits per heavy atom. The second kappa shape index (κ2) is 6.94. The summed E-state index contributed by atoms with van der Waals surface area (Å²) in [5, 5.41) is 6.40. The van der Waals surface area contributed by atoms with E-state index < -0.39 is 0 Å². The van der Waals surface area contributed by atoms with Crippen molar-refractivity contribution in [3.05, 3.63) is 29.8 Å². The van der Waals surface area contributed by atoms with Crippen molar-refractivity contribution < 1.29 is 4.79 Å². The fraction of sp³-hybridized carbons (Fsp3) is 0.588. The first-order valence-electron chi connectivity index (χ1n) is 7.87. The molecule has 4 nitrogen and oxygen atoms in total. The summed E-state index contributed by atoms with van der Waals surface area (Å²) in [6.45, 7) is 3.82. The fourth-order valence-electron chi connectivity index (χ4n) is 2.72. The molecule has 1 fully saturated rings. The number of nitrogens with zero attached hydrogens (tertiary/aromatic N) is 1. The highest BCUT2D eigenvalue weighted by Gasteiger charge is 2.39. The average Bonchev–Trinajstić information content (AvgIpc) is 2.44. The Balaban J connectivity index is 1.88. The maximum atomic E-state index is 12.2. The molecule has 0 aliphatic heterocycles. The first-order valence-corrected chi connectivity index (χ1v) is 7.87. The van der Waals surface area contributed by atoms with Gasteiger partial charge in [-0.05, 0) is 64.0 Å². The number of nitrogens with one attached hydrogen (secondary N) is 2. The predicted octanol–water partition coefficient (Wildman–Crippen LogP) is 2.72. The zero-order valence-corrected chi connectivity index (χ0v) is 13.4. The van der Waals surface area contributed by atoms with Gasteiger partial charge in [0.05, 0.1) is 0 Å². The molecule has 0 atom stereocenters. The molecule has 1 aromatic rings. The van der Waals surface area contributed by atoms with E-state index in [-0.39, 0.29) is 11.4 Å². The van der Waals surface area contributed by atoms with E-state index in [4.69, 9.17) is 0 Å². The highest BCUT2D eigenvalue weighted by molar-refractivity contribution is 5.94. The predicted molar refractivity (Wildman–Crippen MR) is 87.8 cm³/mol. The lowest BCUT2D eigenvalue weighted by molar-refractivity contribution is 0.0557. The summed E-state index contributed by atoms with van der Waals surface area (Å²) in [6.07, 6.45) is 4.68. The van der Waals surface area contributed by atoms with Gasteiger partial charge in [0.2, 0.25) is 0 Å². The molecule has 0 saturated heterocycles. The molecular weight excluding hydrogens is 262 g/mol. The zero-order valence-electron chi connectivity index (χ0n) is 13.4. The molecule has 1 saturated carbocycles. The molecule has 1 aromatic carbocycles. The maximum Gasteiger partial charge on any atom is 0.251 e. The zero-order chi connectivity index (χ0) is 15.3. The highest BCUT2D eigenvalue weighted by Crippen LogP contribution is 2.35. The van der Waals surface area contributed by atoms with Gasteiger partial charge in [-0.3, -0.25) is 4.79 Å². The van der Waals surface area contributed by atoms with Gasteiger partial charge in [-0.25, -0.2) is 0 Å². The Hall–Kier alpha value is -1.55. The maximum absolute atomic E-state index is 12.2. The molecule has 116 valence electrons. The number of amides is 1. The third-order valence-corrected chi connectivity index (χ3v) is 4.54. The van der Waals surface area contributed by atoms with Crippen LogP contribution in [0.4, 0.5) is 5.69 Å². The molecule has 21 heavy (non-hydrogen) atoms. The lowest BCUT2D eigenvalue weighted by Crippen LogP contribution is -2.57. The molecule has 1 aliphatic rings. The SMILES string of the molecule is CCCNc1ccc(C(=O)NCC2(N(C)C)CCC2)cc1. The summed E-state index contributed by atoms with van der Waals surface area (Å²) in [5.41, 5.74) is 1.96. The number of carbonyl (C=O) groups excluding carboxylic acids is 1. The van der Waals surface area contributed by atoms with Crippen LogP contribution in [0.1, 0.15) is 43.0 Å². The van der Waals surface area contributed by atoms with Gasteiger partial charge in [0.1, 0.15) is 0 Å². The van der Waals surface area contributed by atoms with Crippen LogP contribution in [0.25, 0.3) is 0 Å². The Bertz CT molecular complexity index is 463. The largest absolute Gasteiger partial charge is 0.385 e. The number of benzene rings is 1. The van der Waals surface area contributed by atoms with Gasteiger partial charge in [-0.1, -0.05) is 6.92 Å². The van der Waals surface area contributed by atoms with Gasteiger partial charge in [-0.15, -0.1) is 0 Å². The van der Waals surface area contributed by atoms with Crippen molar-refractivity contribution in [1.29, 1.82) is 0 Å². The number of carbonyl (C=O) groups is 1. The molecule has 0 unspecified atom stereocenters. The average molecular weight is 289 g/mol.